The highest BCUT2D eigenvalue weighted by Crippen LogP contribution is 2.26. The largest absolute Gasteiger partial charge is 0.393 e. The summed E-state index contributed by atoms with van der Waals surface area (Å²) in [5.74, 6) is 0. The SMILES string of the molecule is CCC(O)CCCN1C(C)CCC1CC. The van der Waals surface area contributed by atoms with Crippen LogP contribution in [0.1, 0.15) is 59.3 Å². The molecule has 0 aromatic heterocycles. The van der Waals surface area contributed by atoms with Crippen LogP contribution in [0, 0.1) is 0 Å². The fourth-order valence-corrected chi connectivity index (χ4v) is 2.68. The van der Waals surface area contributed by atoms with Crippen molar-refractivity contribution in [3.05, 3.63) is 0 Å². The second-order valence-electron chi connectivity index (χ2n) is 4.93. The van der Waals surface area contributed by atoms with Gasteiger partial charge in [0.15, 0.2) is 0 Å². The first-order valence-corrected chi connectivity index (χ1v) is 6.62. The van der Waals surface area contributed by atoms with Crippen LogP contribution in [0.15, 0.2) is 0 Å². The van der Waals surface area contributed by atoms with Crippen LogP contribution in [0.5, 0.6) is 0 Å². The smallest absolute Gasteiger partial charge is 0.0538 e. The standard InChI is InChI=1S/C13H27NO/c1-4-12-9-8-11(3)14(12)10-6-7-13(15)5-2/h11-13,15H,4-10H2,1-3H3. The molecule has 0 amide bonds. The van der Waals surface area contributed by atoms with E-state index in [9.17, 15) is 5.11 Å². The monoisotopic (exact) mass is 213 g/mol. The molecule has 0 aromatic carbocycles. The molecule has 15 heavy (non-hydrogen) atoms. The molecule has 1 rings (SSSR count). The Labute approximate surface area is 94.7 Å². The lowest BCUT2D eigenvalue weighted by molar-refractivity contribution is 0.139. The lowest BCUT2D eigenvalue weighted by Gasteiger charge is -2.27. The van der Waals surface area contributed by atoms with Gasteiger partial charge in [-0.05, 0) is 52.0 Å². The molecule has 0 spiro atoms. The molecule has 2 heteroatoms. The van der Waals surface area contributed by atoms with Gasteiger partial charge in [-0.15, -0.1) is 0 Å². The minimum atomic E-state index is -0.0806. The lowest BCUT2D eigenvalue weighted by atomic mass is 10.1. The van der Waals surface area contributed by atoms with Crippen molar-refractivity contribution < 1.29 is 5.11 Å². The lowest BCUT2D eigenvalue weighted by Crippen LogP contribution is -2.35. The van der Waals surface area contributed by atoms with Crippen molar-refractivity contribution in [2.75, 3.05) is 6.54 Å². The van der Waals surface area contributed by atoms with Crippen LogP contribution in [0.4, 0.5) is 0 Å². The van der Waals surface area contributed by atoms with Gasteiger partial charge >= 0.3 is 0 Å². The van der Waals surface area contributed by atoms with Gasteiger partial charge in [0.05, 0.1) is 6.10 Å². The van der Waals surface area contributed by atoms with Gasteiger partial charge in [-0.3, -0.25) is 4.90 Å². The van der Waals surface area contributed by atoms with Crippen molar-refractivity contribution >= 4 is 0 Å². The molecule has 0 aromatic rings. The zero-order valence-electron chi connectivity index (χ0n) is 10.6. The van der Waals surface area contributed by atoms with Gasteiger partial charge < -0.3 is 5.11 Å². The van der Waals surface area contributed by atoms with Gasteiger partial charge in [0.25, 0.3) is 0 Å². The van der Waals surface area contributed by atoms with Crippen molar-refractivity contribution in [2.45, 2.75) is 77.5 Å². The quantitative estimate of drug-likeness (QED) is 0.733. The third-order valence-corrected chi connectivity index (χ3v) is 3.85. The number of likely N-dealkylation sites (tertiary alicyclic amines) is 1. The molecule has 0 bridgehead atoms. The summed E-state index contributed by atoms with van der Waals surface area (Å²) in [6, 6.07) is 1.56. The minimum Gasteiger partial charge on any atom is -0.393 e. The highest BCUT2D eigenvalue weighted by atomic mass is 16.3. The van der Waals surface area contributed by atoms with E-state index in [2.05, 4.69) is 25.7 Å². The molecule has 1 aliphatic heterocycles. The molecule has 1 N–H and O–H groups in total. The van der Waals surface area contributed by atoms with E-state index < -0.39 is 0 Å². The average molecular weight is 213 g/mol. The molecule has 1 saturated heterocycles. The fraction of sp³-hybridized carbons (Fsp3) is 1.00. The molecule has 0 saturated carbocycles. The Hall–Kier alpha value is -0.0800. The zero-order chi connectivity index (χ0) is 11.3. The maximum absolute atomic E-state index is 9.50. The predicted octanol–water partition coefficient (Wildman–Crippen LogP) is 2.80. The van der Waals surface area contributed by atoms with E-state index in [4.69, 9.17) is 0 Å². The van der Waals surface area contributed by atoms with E-state index in [-0.39, 0.29) is 6.10 Å². The van der Waals surface area contributed by atoms with Crippen LogP contribution < -0.4 is 0 Å². The van der Waals surface area contributed by atoms with Gasteiger partial charge in [-0.25, -0.2) is 0 Å². The Kier molecular flexibility index (Phi) is 5.62. The first kappa shape index (κ1) is 13.0. The van der Waals surface area contributed by atoms with Crippen LogP contribution in [0.25, 0.3) is 0 Å². The van der Waals surface area contributed by atoms with Crippen LogP contribution in [-0.2, 0) is 0 Å². The molecule has 2 nitrogen and oxygen atoms in total. The maximum atomic E-state index is 9.50. The summed E-state index contributed by atoms with van der Waals surface area (Å²) in [6.45, 7) is 7.86. The topological polar surface area (TPSA) is 23.5 Å². The summed E-state index contributed by atoms with van der Waals surface area (Å²) >= 11 is 0. The van der Waals surface area contributed by atoms with Crippen LogP contribution in [0.2, 0.25) is 0 Å². The Morgan fingerprint density at radius 1 is 1.33 bits per heavy atom. The van der Waals surface area contributed by atoms with Crippen LogP contribution >= 0.6 is 0 Å². The number of nitrogens with zero attached hydrogens (tertiary/aromatic N) is 1. The third kappa shape index (κ3) is 3.76. The van der Waals surface area contributed by atoms with Crippen molar-refractivity contribution in [1.82, 2.24) is 4.90 Å². The fourth-order valence-electron chi connectivity index (χ4n) is 2.68. The van der Waals surface area contributed by atoms with Gasteiger partial charge in [0.2, 0.25) is 0 Å². The van der Waals surface area contributed by atoms with Crippen molar-refractivity contribution in [1.29, 1.82) is 0 Å². The van der Waals surface area contributed by atoms with Gasteiger partial charge in [0, 0.05) is 12.1 Å². The molecule has 1 heterocycles. The van der Waals surface area contributed by atoms with E-state index in [1.807, 2.05) is 0 Å². The Morgan fingerprint density at radius 3 is 2.67 bits per heavy atom. The first-order chi connectivity index (χ1) is 7.19. The zero-order valence-corrected chi connectivity index (χ0v) is 10.6. The maximum Gasteiger partial charge on any atom is 0.0538 e. The summed E-state index contributed by atoms with van der Waals surface area (Å²) in [5, 5.41) is 9.50. The van der Waals surface area contributed by atoms with Gasteiger partial charge in [-0.1, -0.05) is 13.8 Å². The average Bonchev–Trinajstić information content (AvgIpc) is 2.60. The molecular weight excluding hydrogens is 186 g/mol. The molecule has 0 aliphatic carbocycles. The van der Waals surface area contributed by atoms with E-state index in [0.717, 1.165) is 31.3 Å². The summed E-state index contributed by atoms with van der Waals surface area (Å²) in [4.78, 5) is 2.64. The summed E-state index contributed by atoms with van der Waals surface area (Å²) in [5.41, 5.74) is 0. The minimum absolute atomic E-state index is 0.0806. The van der Waals surface area contributed by atoms with E-state index in [1.165, 1.54) is 25.8 Å². The Morgan fingerprint density at radius 2 is 2.07 bits per heavy atom. The number of hydrogen-bond donors (Lipinski definition) is 1. The number of aliphatic hydroxyl groups is 1. The molecule has 90 valence electrons. The van der Waals surface area contributed by atoms with Crippen molar-refractivity contribution in [3.63, 3.8) is 0 Å². The number of rotatable bonds is 6. The molecule has 1 aliphatic rings. The normalized spacial score (nSPS) is 29.6. The van der Waals surface area contributed by atoms with Gasteiger partial charge in [0.1, 0.15) is 0 Å². The molecule has 3 unspecified atom stereocenters. The number of aliphatic hydroxyl groups excluding tert-OH is 1. The second-order valence-corrected chi connectivity index (χ2v) is 4.93. The van der Waals surface area contributed by atoms with Crippen LogP contribution in [-0.4, -0.2) is 34.7 Å². The Bertz CT molecular complexity index is 172. The van der Waals surface area contributed by atoms with E-state index in [0.29, 0.717) is 0 Å². The predicted molar refractivity (Wildman–Crippen MR) is 65.0 cm³/mol. The molecule has 1 fully saturated rings. The first-order valence-electron chi connectivity index (χ1n) is 6.62. The second kappa shape index (κ2) is 6.49. The van der Waals surface area contributed by atoms with E-state index >= 15 is 0 Å². The molecule has 3 atom stereocenters. The van der Waals surface area contributed by atoms with Crippen molar-refractivity contribution in [3.8, 4) is 0 Å². The molecule has 0 radical (unpaired) electrons. The van der Waals surface area contributed by atoms with Crippen molar-refractivity contribution in [2.24, 2.45) is 0 Å². The van der Waals surface area contributed by atoms with Gasteiger partial charge in [-0.2, -0.15) is 0 Å². The summed E-state index contributed by atoms with van der Waals surface area (Å²) in [6.07, 6.45) is 6.94. The number of hydrogen-bond acceptors (Lipinski definition) is 2. The highest BCUT2D eigenvalue weighted by Gasteiger charge is 2.28. The summed E-state index contributed by atoms with van der Waals surface area (Å²) in [7, 11) is 0. The summed E-state index contributed by atoms with van der Waals surface area (Å²) < 4.78 is 0. The van der Waals surface area contributed by atoms with Crippen LogP contribution in [0.3, 0.4) is 0 Å². The van der Waals surface area contributed by atoms with E-state index in [1.54, 1.807) is 0 Å². The third-order valence-electron chi connectivity index (χ3n) is 3.85. The molecular formula is C13H27NO. The Balaban J connectivity index is 2.24. The highest BCUT2D eigenvalue weighted by molar-refractivity contribution is 4.84.